The van der Waals surface area contributed by atoms with Gasteiger partial charge < -0.3 is 14.1 Å². The van der Waals surface area contributed by atoms with Crippen molar-refractivity contribution in [2.24, 2.45) is 0 Å². The van der Waals surface area contributed by atoms with Crippen LogP contribution in [0.4, 0.5) is 0 Å². The number of aromatic nitrogens is 2. The molecule has 0 bridgehead atoms. The molecule has 4 aromatic rings. The molecule has 0 saturated carbocycles. The summed E-state index contributed by atoms with van der Waals surface area (Å²) >= 11 is 7.32. The van der Waals surface area contributed by atoms with Gasteiger partial charge in [0.1, 0.15) is 11.5 Å². The van der Waals surface area contributed by atoms with Crippen LogP contribution in [0.3, 0.4) is 0 Å². The number of carbonyl (C=O) groups is 1. The average molecular weight is 484 g/mol. The molecule has 1 amide bonds. The van der Waals surface area contributed by atoms with Crippen LogP contribution in [0.15, 0.2) is 75.2 Å². The Hall–Kier alpha value is -3.23. The highest BCUT2D eigenvalue weighted by molar-refractivity contribution is 7.99. The van der Waals surface area contributed by atoms with Crippen molar-refractivity contribution in [3.63, 3.8) is 0 Å². The zero-order valence-corrected chi connectivity index (χ0v) is 19.7. The van der Waals surface area contributed by atoms with E-state index in [9.17, 15) is 9.59 Å². The smallest absolute Gasteiger partial charge is 0.262 e. The minimum Gasteiger partial charge on any atom is -0.497 e. The highest BCUT2D eigenvalue weighted by Gasteiger charge is 2.17. The second-order valence-electron chi connectivity index (χ2n) is 7.42. The van der Waals surface area contributed by atoms with E-state index in [0.29, 0.717) is 33.4 Å². The van der Waals surface area contributed by atoms with Crippen LogP contribution in [0.5, 0.6) is 5.75 Å². The van der Waals surface area contributed by atoms with E-state index < -0.39 is 0 Å². The maximum absolute atomic E-state index is 13.2. The molecule has 0 saturated heterocycles. The SMILES string of the molecule is COc1cccc(CN(C)C(=O)CSc2nc3cc(Cl)ccc3c(=O)n2Cc2ccco2)c1. The van der Waals surface area contributed by atoms with Gasteiger partial charge in [-0.25, -0.2) is 4.98 Å². The maximum atomic E-state index is 13.2. The molecule has 0 aliphatic rings. The molecule has 0 radical (unpaired) electrons. The van der Waals surface area contributed by atoms with Gasteiger partial charge in [-0.15, -0.1) is 0 Å². The summed E-state index contributed by atoms with van der Waals surface area (Å²) in [5.74, 6) is 1.39. The number of hydrogen-bond acceptors (Lipinski definition) is 6. The largest absolute Gasteiger partial charge is 0.497 e. The molecule has 0 N–H and O–H groups in total. The highest BCUT2D eigenvalue weighted by Crippen LogP contribution is 2.22. The number of carbonyl (C=O) groups excluding carboxylic acids is 1. The Morgan fingerprint density at radius 3 is 2.82 bits per heavy atom. The molecule has 0 aliphatic carbocycles. The number of benzene rings is 2. The van der Waals surface area contributed by atoms with Gasteiger partial charge >= 0.3 is 0 Å². The fourth-order valence-corrected chi connectivity index (χ4v) is 4.46. The van der Waals surface area contributed by atoms with E-state index in [2.05, 4.69) is 4.98 Å². The Kier molecular flexibility index (Phi) is 7.05. The third-order valence-corrected chi connectivity index (χ3v) is 6.28. The number of ether oxygens (including phenoxy) is 1. The number of thioether (sulfide) groups is 1. The molecule has 0 fully saturated rings. The quantitative estimate of drug-likeness (QED) is 0.272. The Balaban J connectivity index is 1.56. The lowest BCUT2D eigenvalue weighted by molar-refractivity contribution is -0.127. The summed E-state index contributed by atoms with van der Waals surface area (Å²) in [5, 5.41) is 1.37. The second kappa shape index (κ2) is 10.1. The first kappa shape index (κ1) is 22.9. The Morgan fingerprint density at radius 1 is 1.21 bits per heavy atom. The standard InChI is InChI=1S/C24H22ClN3O4S/c1-27(13-16-5-3-6-18(11-16)31-2)22(29)15-33-24-26-21-12-17(25)8-9-20(21)23(30)28(24)14-19-7-4-10-32-19/h3-12H,13-15H2,1-2H3. The fourth-order valence-electron chi connectivity index (χ4n) is 3.35. The first-order chi connectivity index (χ1) is 15.9. The van der Waals surface area contributed by atoms with Crippen molar-refractivity contribution in [3.8, 4) is 5.75 Å². The molecule has 0 spiro atoms. The van der Waals surface area contributed by atoms with Crippen LogP contribution in [0.2, 0.25) is 5.02 Å². The molecule has 33 heavy (non-hydrogen) atoms. The van der Waals surface area contributed by atoms with Crippen molar-refractivity contribution in [2.45, 2.75) is 18.2 Å². The van der Waals surface area contributed by atoms with Gasteiger partial charge in [0.25, 0.3) is 5.56 Å². The number of fused-ring (bicyclic) bond motifs is 1. The number of furan rings is 1. The molecule has 170 valence electrons. The van der Waals surface area contributed by atoms with Gasteiger partial charge in [0, 0.05) is 18.6 Å². The second-order valence-corrected chi connectivity index (χ2v) is 8.80. The van der Waals surface area contributed by atoms with Crippen molar-refractivity contribution in [1.29, 1.82) is 0 Å². The molecule has 0 aliphatic heterocycles. The van der Waals surface area contributed by atoms with E-state index in [-0.39, 0.29) is 23.8 Å². The summed E-state index contributed by atoms with van der Waals surface area (Å²) in [6.45, 7) is 0.657. The van der Waals surface area contributed by atoms with Crippen molar-refractivity contribution >= 4 is 40.2 Å². The number of hydrogen-bond donors (Lipinski definition) is 0. The first-order valence-electron chi connectivity index (χ1n) is 10.2. The normalized spacial score (nSPS) is 11.0. The lowest BCUT2D eigenvalue weighted by Gasteiger charge is -2.18. The molecule has 0 unspecified atom stereocenters. The number of halogens is 1. The Bertz CT molecular complexity index is 1340. The van der Waals surface area contributed by atoms with Crippen LogP contribution in [0.1, 0.15) is 11.3 Å². The first-order valence-corrected chi connectivity index (χ1v) is 11.5. The van der Waals surface area contributed by atoms with Gasteiger partial charge in [-0.05, 0) is 48.0 Å². The molecule has 2 aromatic heterocycles. The van der Waals surface area contributed by atoms with E-state index >= 15 is 0 Å². The lowest BCUT2D eigenvalue weighted by Crippen LogP contribution is -2.29. The van der Waals surface area contributed by atoms with E-state index in [4.69, 9.17) is 20.8 Å². The van der Waals surface area contributed by atoms with Crippen LogP contribution < -0.4 is 10.3 Å². The predicted octanol–water partition coefficient (Wildman–Crippen LogP) is 4.45. The van der Waals surface area contributed by atoms with E-state index in [1.165, 1.54) is 16.3 Å². The van der Waals surface area contributed by atoms with Crippen molar-refractivity contribution in [3.05, 3.63) is 87.6 Å². The van der Waals surface area contributed by atoms with Crippen LogP contribution in [-0.2, 0) is 17.9 Å². The van der Waals surface area contributed by atoms with E-state index in [1.54, 1.807) is 55.7 Å². The number of rotatable bonds is 8. The number of nitrogens with zero attached hydrogens (tertiary/aromatic N) is 3. The summed E-state index contributed by atoms with van der Waals surface area (Å²) in [5.41, 5.74) is 1.24. The highest BCUT2D eigenvalue weighted by atomic mass is 35.5. The van der Waals surface area contributed by atoms with E-state index in [0.717, 1.165) is 11.3 Å². The van der Waals surface area contributed by atoms with Gasteiger partial charge in [-0.1, -0.05) is 35.5 Å². The average Bonchev–Trinajstić information content (AvgIpc) is 3.32. The van der Waals surface area contributed by atoms with Gasteiger partial charge in [0.2, 0.25) is 5.91 Å². The predicted molar refractivity (Wildman–Crippen MR) is 129 cm³/mol. The third kappa shape index (κ3) is 5.40. The summed E-state index contributed by atoms with van der Waals surface area (Å²) < 4.78 is 12.2. The topological polar surface area (TPSA) is 77.6 Å². The summed E-state index contributed by atoms with van der Waals surface area (Å²) in [6, 6.07) is 16.1. The van der Waals surface area contributed by atoms with Gasteiger partial charge in [-0.3, -0.25) is 14.2 Å². The van der Waals surface area contributed by atoms with Gasteiger partial charge in [0.05, 0.1) is 36.6 Å². The number of amides is 1. The fraction of sp³-hybridized carbons (Fsp3) is 0.208. The van der Waals surface area contributed by atoms with Crippen LogP contribution in [0, 0.1) is 0 Å². The molecule has 2 heterocycles. The van der Waals surface area contributed by atoms with Crippen LogP contribution in [0.25, 0.3) is 10.9 Å². The van der Waals surface area contributed by atoms with E-state index in [1.807, 2.05) is 24.3 Å². The molecular weight excluding hydrogens is 462 g/mol. The number of methoxy groups -OCH3 is 1. The summed E-state index contributed by atoms with van der Waals surface area (Å²) in [7, 11) is 3.35. The molecule has 2 aromatic carbocycles. The zero-order chi connectivity index (χ0) is 23.4. The van der Waals surface area contributed by atoms with Crippen molar-refractivity contribution in [2.75, 3.05) is 19.9 Å². The summed E-state index contributed by atoms with van der Waals surface area (Å²) in [6.07, 6.45) is 1.55. The lowest BCUT2D eigenvalue weighted by atomic mass is 10.2. The molecule has 4 rings (SSSR count). The zero-order valence-electron chi connectivity index (χ0n) is 18.2. The van der Waals surface area contributed by atoms with Crippen LogP contribution >= 0.6 is 23.4 Å². The minimum atomic E-state index is -0.215. The molecular formula is C24H22ClN3O4S. The minimum absolute atomic E-state index is 0.0900. The van der Waals surface area contributed by atoms with Gasteiger partial charge in [0.15, 0.2) is 5.16 Å². The maximum Gasteiger partial charge on any atom is 0.262 e. The summed E-state index contributed by atoms with van der Waals surface area (Å²) in [4.78, 5) is 32.3. The monoisotopic (exact) mass is 483 g/mol. The molecule has 7 nitrogen and oxygen atoms in total. The van der Waals surface area contributed by atoms with Gasteiger partial charge in [-0.2, -0.15) is 0 Å². The third-order valence-electron chi connectivity index (χ3n) is 5.08. The Morgan fingerprint density at radius 2 is 2.06 bits per heavy atom. The van der Waals surface area contributed by atoms with Crippen molar-refractivity contribution in [1.82, 2.24) is 14.5 Å². The Labute approximate surface area is 199 Å². The molecule has 9 heteroatoms. The molecule has 0 atom stereocenters. The van der Waals surface area contributed by atoms with Crippen LogP contribution in [-0.4, -0.2) is 40.3 Å². The van der Waals surface area contributed by atoms with Crippen molar-refractivity contribution < 1.29 is 13.9 Å².